The fourth-order valence-corrected chi connectivity index (χ4v) is 6.25. The van der Waals surface area contributed by atoms with Crippen LogP contribution < -0.4 is 10.6 Å². The van der Waals surface area contributed by atoms with E-state index < -0.39 is 17.8 Å². The molecule has 4 heterocycles. The second kappa shape index (κ2) is 10.8. The highest BCUT2D eigenvalue weighted by molar-refractivity contribution is 6.07. The van der Waals surface area contributed by atoms with Crippen molar-refractivity contribution in [2.45, 2.75) is 38.1 Å². The van der Waals surface area contributed by atoms with Crippen molar-refractivity contribution in [3.05, 3.63) is 89.2 Å². The monoisotopic (exact) mass is 602 g/mol. The molecular formula is C32H29F3N6O3. The summed E-state index contributed by atoms with van der Waals surface area (Å²) in [6.07, 6.45) is -3.92. The van der Waals surface area contributed by atoms with E-state index in [0.29, 0.717) is 36.2 Å². The summed E-state index contributed by atoms with van der Waals surface area (Å²) in [7, 11) is 0. The lowest BCUT2D eigenvalue weighted by atomic mass is 9.99. The third kappa shape index (κ3) is 4.99. The van der Waals surface area contributed by atoms with Gasteiger partial charge >= 0.3 is 6.18 Å². The quantitative estimate of drug-likeness (QED) is 0.275. The van der Waals surface area contributed by atoms with Crippen LogP contribution in [0.1, 0.15) is 40.2 Å². The van der Waals surface area contributed by atoms with Gasteiger partial charge in [-0.3, -0.25) is 9.69 Å². The third-order valence-electron chi connectivity index (χ3n) is 8.38. The highest BCUT2D eigenvalue weighted by Crippen LogP contribution is 2.38. The van der Waals surface area contributed by atoms with Gasteiger partial charge in [0.05, 0.1) is 17.2 Å². The molecule has 3 N–H and O–H groups in total. The summed E-state index contributed by atoms with van der Waals surface area (Å²) in [6.45, 7) is 2.43. The SMILES string of the molecule is Nc1noc2ccc(-n3nc(C(F)(F)F)c4c3C(=O)N(c3ccc(-c5ccccc5CN5CC[C@@H](O)C5)cc3)CCC4)cc12. The number of nitrogens with two attached hydrogens (primary N) is 1. The number of hydrogen-bond acceptors (Lipinski definition) is 7. The van der Waals surface area contributed by atoms with Crippen molar-refractivity contribution in [1.29, 1.82) is 0 Å². The maximum Gasteiger partial charge on any atom is 0.435 e. The largest absolute Gasteiger partial charge is 0.435 e. The molecule has 5 aromatic rings. The number of aliphatic hydroxyl groups is 1. The Labute approximate surface area is 250 Å². The van der Waals surface area contributed by atoms with Gasteiger partial charge in [-0.25, -0.2) is 4.68 Å². The number of hydrogen-bond donors (Lipinski definition) is 2. The Hall–Kier alpha value is -4.68. The predicted molar refractivity (Wildman–Crippen MR) is 158 cm³/mol. The second-order valence-electron chi connectivity index (χ2n) is 11.3. The Morgan fingerprint density at radius 1 is 1.02 bits per heavy atom. The zero-order chi connectivity index (χ0) is 30.6. The maximum atomic E-state index is 14.2. The molecule has 226 valence electrons. The van der Waals surface area contributed by atoms with Crippen molar-refractivity contribution in [3.8, 4) is 16.8 Å². The second-order valence-corrected chi connectivity index (χ2v) is 11.3. The fraction of sp³-hybridized carbons (Fsp3) is 0.281. The molecule has 44 heavy (non-hydrogen) atoms. The van der Waals surface area contributed by atoms with Crippen LogP contribution in [-0.4, -0.2) is 56.6 Å². The molecule has 0 radical (unpaired) electrons. The first-order chi connectivity index (χ1) is 21.2. The summed E-state index contributed by atoms with van der Waals surface area (Å²) in [5, 5.41) is 18.0. The van der Waals surface area contributed by atoms with Crippen LogP contribution in [0, 0.1) is 0 Å². The number of anilines is 2. The minimum absolute atomic E-state index is 0.0424. The van der Waals surface area contributed by atoms with Crippen molar-refractivity contribution in [2.24, 2.45) is 0 Å². The van der Waals surface area contributed by atoms with Crippen LogP contribution >= 0.6 is 0 Å². The number of carbonyl (C=O) groups excluding carboxylic acids is 1. The molecule has 3 aromatic carbocycles. The van der Waals surface area contributed by atoms with Crippen LogP contribution in [0.5, 0.6) is 0 Å². The number of amides is 1. The molecule has 1 saturated heterocycles. The minimum atomic E-state index is -4.74. The van der Waals surface area contributed by atoms with Crippen LogP contribution in [0.15, 0.2) is 71.3 Å². The zero-order valence-electron chi connectivity index (χ0n) is 23.6. The van der Waals surface area contributed by atoms with E-state index in [2.05, 4.69) is 21.2 Å². The van der Waals surface area contributed by atoms with E-state index in [1.807, 2.05) is 42.5 Å². The molecule has 0 saturated carbocycles. The summed E-state index contributed by atoms with van der Waals surface area (Å²) in [4.78, 5) is 17.8. The van der Waals surface area contributed by atoms with Crippen molar-refractivity contribution in [2.75, 3.05) is 30.3 Å². The van der Waals surface area contributed by atoms with Crippen LogP contribution in [0.4, 0.5) is 24.7 Å². The topological polar surface area (TPSA) is 114 Å². The molecule has 1 amide bonds. The molecule has 0 spiro atoms. The molecule has 0 aliphatic carbocycles. The normalized spacial score (nSPS) is 17.8. The molecule has 2 aromatic heterocycles. The molecule has 9 nitrogen and oxygen atoms in total. The van der Waals surface area contributed by atoms with Gasteiger partial charge in [0, 0.05) is 37.4 Å². The van der Waals surface area contributed by atoms with Crippen molar-refractivity contribution in [1.82, 2.24) is 19.8 Å². The van der Waals surface area contributed by atoms with Crippen molar-refractivity contribution >= 4 is 28.4 Å². The predicted octanol–water partition coefficient (Wildman–Crippen LogP) is 5.44. The lowest BCUT2D eigenvalue weighted by Gasteiger charge is -2.22. The molecule has 2 aliphatic heterocycles. The van der Waals surface area contributed by atoms with Gasteiger partial charge in [-0.2, -0.15) is 18.3 Å². The van der Waals surface area contributed by atoms with Gasteiger partial charge in [0.2, 0.25) is 0 Å². The number of fused-ring (bicyclic) bond motifs is 2. The van der Waals surface area contributed by atoms with Crippen molar-refractivity contribution in [3.63, 3.8) is 0 Å². The Kier molecular flexibility index (Phi) is 6.90. The average Bonchev–Trinajstić information content (AvgIpc) is 3.69. The van der Waals surface area contributed by atoms with Gasteiger partial charge in [0.1, 0.15) is 5.69 Å². The lowest BCUT2D eigenvalue weighted by Crippen LogP contribution is -2.32. The summed E-state index contributed by atoms with van der Waals surface area (Å²) in [5.74, 6) is -0.483. The molecule has 2 aliphatic rings. The van der Waals surface area contributed by atoms with Gasteiger partial charge < -0.3 is 20.3 Å². The summed E-state index contributed by atoms with van der Waals surface area (Å²) in [6, 6.07) is 20.1. The van der Waals surface area contributed by atoms with Crippen LogP contribution in [0.3, 0.4) is 0 Å². The minimum Gasteiger partial charge on any atom is -0.392 e. The van der Waals surface area contributed by atoms with E-state index in [1.54, 1.807) is 0 Å². The molecule has 1 fully saturated rings. The average molecular weight is 603 g/mol. The van der Waals surface area contributed by atoms with Gasteiger partial charge in [-0.1, -0.05) is 41.6 Å². The van der Waals surface area contributed by atoms with Crippen LogP contribution in [-0.2, 0) is 19.1 Å². The first-order valence-corrected chi connectivity index (χ1v) is 14.4. The maximum absolute atomic E-state index is 14.2. The number of β-amino-alcohol motifs (C(OH)–C–C–N with tert-alkyl or cyclic N) is 1. The Morgan fingerprint density at radius 2 is 1.80 bits per heavy atom. The summed E-state index contributed by atoms with van der Waals surface area (Å²) in [5.41, 5.74) is 8.87. The number of benzene rings is 3. The number of alkyl halides is 3. The highest BCUT2D eigenvalue weighted by atomic mass is 19.4. The number of nitrogen functional groups attached to an aromatic ring is 1. The zero-order valence-corrected chi connectivity index (χ0v) is 23.6. The number of nitrogens with zero attached hydrogens (tertiary/aromatic N) is 5. The third-order valence-corrected chi connectivity index (χ3v) is 8.38. The number of rotatable bonds is 5. The number of likely N-dealkylation sites (tertiary alicyclic amines) is 1. The molecule has 7 rings (SSSR count). The smallest absolute Gasteiger partial charge is 0.392 e. The van der Waals surface area contributed by atoms with E-state index in [1.165, 1.54) is 23.1 Å². The molecule has 0 bridgehead atoms. The lowest BCUT2D eigenvalue weighted by molar-refractivity contribution is -0.142. The molecule has 0 unspecified atom stereocenters. The Bertz CT molecular complexity index is 1860. The molecular weight excluding hydrogens is 573 g/mol. The standard InChI is InChI=1S/C32H29F3N6O3/c33-32(34,35)29-25-6-3-14-40(31(43)28(25)41(37-29)22-11-12-27-26(16-22)30(36)38-44-27)21-9-7-19(8-10-21)24-5-2-1-4-20(24)17-39-15-13-23(42)18-39/h1-2,4-5,7-12,16,23,42H,3,6,13-15,17-18H2,(H2,36,38)/t23-/m1/s1. The van der Waals surface area contributed by atoms with Gasteiger partial charge in [0.15, 0.2) is 17.1 Å². The van der Waals surface area contributed by atoms with Crippen molar-refractivity contribution < 1.29 is 27.6 Å². The number of halogens is 3. The van der Waals surface area contributed by atoms with E-state index in [9.17, 15) is 23.1 Å². The van der Waals surface area contributed by atoms with Gasteiger partial charge in [-0.05, 0) is 66.3 Å². The first kappa shape index (κ1) is 28.1. The number of aromatic nitrogens is 3. The first-order valence-electron chi connectivity index (χ1n) is 14.4. The molecule has 1 atom stereocenters. The summed E-state index contributed by atoms with van der Waals surface area (Å²) < 4.78 is 48.7. The van der Waals surface area contributed by atoms with E-state index in [4.69, 9.17) is 10.3 Å². The number of aliphatic hydroxyl groups excluding tert-OH is 1. The van der Waals surface area contributed by atoms with E-state index >= 15 is 0 Å². The van der Waals surface area contributed by atoms with Gasteiger partial charge in [0.25, 0.3) is 5.91 Å². The van der Waals surface area contributed by atoms with Crippen LogP contribution in [0.2, 0.25) is 0 Å². The fourth-order valence-electron chi connectivity index (χ4n) is 6.25. The van der Waals surface area contributed by atoms with E-state index in [-0.39, 0.29) is 41.8 Å². The number of carbonyl (C=O) groups is 1. The van der Waals surface area contributed by atoms with Gasteiger partial charge in [-0.15, -0.1) is 0 Å². The Balaban J connectivity index is 1.24. The summed E-state index contributed by atoms with van der Waals surface area (Å²) >= 11 is 0. The highest BCUT2D eigenvalue weighted by Gasteiger charge is 2.42. The van der Waals surface area contributed by atoms with Crippen LogP contribution in [0.25, 0.3) is 27.8 Å². The molecule has 12 heteroatoms. The van der Waals surface area contributed by atoms with E-state index in [0.717, 1.165) is 34.3 Å². The Morgan fingerprint density at radius 3 is 2.55 bits per heavy atom.